The number of anilines is 2. The lowest BCUT2D eigenvalue weighted by Crippen LogP contribution is -2.56. The zero-order valence-corrected chi connectivity index (χ0v) is 32.8. The molecule has 14 nitrogen and oxygen atoms in total. The SMILES string of the molecule is Nc1ncnc2c1c(-c1ccc(Oc3ccccc3)cc1)nn2C1CCC(C(=O)N2CC(C3CCN(c4ccc5c(c4)CN(C4CCC(=O)NC4=O)C5=O)CC3)C2)CC1. The summed E-state index contributed by atoms with van der Waals surface area (Å²) in [4.78, 5) is 66.0. The van der Waals surface area contributed by atoms with Crippen molar-refractivity contribution >= 4 is 46.2 Å². The second-order valence-corrected chi connectivity index (χ2v) is 16.8. The first-order valence-corrected chi connectivity index (χ1v) is 20.9. The quantitative estimate of drug-likeness (QED) is 0.185. The van der Waals surface area contributed by atoms with Gasteiger partial charge in [-0.15, -0.1) is 0 Å². The van der Waals surface area contributed by atoms with E-state index in [1.807, 2.05) is 71.4 Å². The minimum Gasteiger partial charge on any atom is -0.457 e. The number of nitrogens with two attached hydrogens (primary N) is 1. The average molecular weight is 794 g/mol. The number of nitrogens with zero attached hydrogens (tertiary/aromatic N) is 7. The maximum Gasteiger partial charge on any atom is 0.255 e. The van der Waals surface area contributed by atoms with Gasteiger partial charge in [0.2, 0.25) is 17.7 Å². The van der Waals surface area contributed by atoms with E-state index >= 15 is 0 Å². The standard InChI is InChI=1S/C45H47N9O5/c46-41-39-40(28-8-13-35(14-9-28)59-34-4-2-1-3-5-34)50-54(42(39)48-26-47-41)32-10-6-29(7-11-32)44(57)52-23-31(24-52)27-18-20-51(21-19-27)33-12-15-36-30(22-33)25-53(45(36)58)37-16-17-38(55)49-43(37)56/h1-5,8-9,12-15,22,26-27,29,31-32,37H,6-7,10-11,16-21,23-25H2,(H2,46,47,48)(H,49,55,56). The van der Waals surface area contributed by atoms with Gasteiger partial charge in [-0.25, -0.2) is 14.6 Å². The molecule has 0 spiro atoms. The van der Waals surface area contributed by atoms with Crippen molar-refractivity contribution in [3.63, 3.8) is 0 Å². The Balaban J connectivity index is 0.717. The van der Waals surface area contributed by atoms with E-state index in [0.717, 1.165) is 104 Å². The Morgan fingerprint density at radius 3 is 2.31 bits per heavy atom. The van der Waals surface area contributed by atoms with Crippen molar-refractivity contribution in [3.8, 4) is 22.8 Å². The van der Waals surface area contributed by atoms with Crippen molar-refractivity contribution in [2.24, 2.45) is 17.8 Å². The second kappa shape index (κ2) is 15.1. The summed E-state index contributed by atoms with van der Waals surface area (Å²) in [5.74, 6) is 2.47. The van der Waals surface area contributed by atoms with Crippen LogP contribution in [0, 0.1) is 17.8 Å². The zero-order valence-electron chi connectivity index (χ0n) is 32.8. The number of carbonyl (C=O) groups excluding carboxylic acids is 4. The molecule has 6 heterocycles. The molecule has 1 unspecified atom stereocenters. The third-order valence-electron chi connectivity index (χ3n) is 13.3. The lowest BCUT2D eigenvalue weighted by Gasteiger charge is -2.47. The first kappa shape index (κ1) is 37.0. The molecule has 302 valence electrons. The average Bonchev–Trinajstić information content (AvgIpc) is 3.79. The molecule has 3 N–H and O–H groups in total. The van der Waals surface area contributed by atoms with E-state index in [9.17, 15) is 19.2 Å². The van der Waals surface area contributed by atoms with Crippen LogP contribution >= 0.6 is 0 Å². The van der Waals surface area contributed by atoms with Crippen LogP contribution in [-0.2, 0) is 20.9 Å². The number of likely N-dealkylation sites (tertiary alicyclic amines) is 1. The third kappa shape index (κ3) is 6.93. The molecular weight excluding hydrogens is 747 g/mol. The maximum absolute atomic E-state index is 13.7. The number of ether oxygens (including phenoxy) is 1. The Bertz CT molecular complexity index is 2430. The van der Waals surface area contributed by atoms with Gasteiger partial charge >= 0.3 is 0 Å². The van der Waals surface area contributed by atoms with Gasteiger partial charge in [0.05, 0.1) is 11.4 Å². The van der Waals surface area contributed by atoms with Gasteiger partial charge in [0.25, 0.3) is 5.91 Å². The van der Waals surface area contributed by atoms with E-state index in [0.29, 0.717) is 41.8 Å². The summed E-state index contributed by atoms with van der Waals surface area (Å²) in [6.07, 6.45) is 7.51. The van der Waals surface area contributed by atoms with Gasteiger partial charge < -0.3 is 25.2 Å². The summed E-state index contributed by atoms with van der Waals surface area (Å²) < 4.78 is 8.00. The summed E-state index contributed by atoms with van der Waals surface area (Å²) in [6, 6.07) is 23.0. The summed E-state index contributed by atoms with van der Waals surface area (Å²) in [7, 11) is 0. The number of aromatic nitrogens is 4. The first-order valence-electron chi connectivity index (χ1n) is 20.9. The van der Waals surface area contributed by atoms with Crippen LogP contribution in [0.1, 0.15) is 73.3 Å². The van der Waals surface area contributed by atoms with E-state index in [1.165, 1.54) is 6.33 Å². The van der Waals surface area contributed by atoms with Crippen LogP contribution in [0.3, 0.4) is 0 Å². The number of rotatable bonds is 8. The summed E-state index contributed by atoms with van der Waals surface area (Å²) in [6.45, 7) is 3.90. The molecule has 1 atom stereocenters. The van der Waals surface area contributed by atoms with E-state index in [1.54, 1.807) is 4.90 Å². The van der Waals surface area contributed by atoms with Gasteiger partial charge in [-0.05, 0) is 117 Å². The normalized spacial score (nSPS) is 22.7. The molecule has 59 heavy (non-hydrogen) atoms. The van der Waals surface area contributed by atoms with E-state index in [2.05, 4.69) is 31.2 Å². The number of fused-ring (bicyclic) bond motifs is 2. The smallest absolute Gasteiger partial charge is 0.255 e. The van der Waals surface area contributed by atoms with E-state index < -0.39 is 11.9 Å². The Morgan fingerprint density at radius 2 is 1.56 bits per heavy atom. The maximum atomic E-state index is 13.7. The van der Waals surface area contributed by atoms with E-state index in [4.69, 9.17) is 15.6 Å². The number of amides is 4. The molecule has 14 heteroatoms. The van der Waals surface area contributed by atoms with Gasteiger partial charge in [0.15, 0.2) is 5.65 Å². The van der Waals surface area contributed by atoms with Crippen molar-refractivity contribution in [2.45, 2.75) is 70.0 Å². The number of para-hydroxylation sites is 1. The van der Waals surface area contributed by atoms with E-state index in [-0.39, 0.29) is 36.1 Å². The minimum absolute atomic E-state index is 0.0183. The summed E-state index contributed by atoms with van der Waals surface area (Å²) >= 11 is 0. The van der Waals surface area contributed by atoms with Crippen LogP contribution in [0.4, 0.5) is 11.5 Å². The highest BCUT2D eigenvalue weighted by Crippen LogP contribution is 2.41. The van der Waals surface area contributed by atoms with Gasteiger partial charge in [0.1, 0.15) is 35.4 Å². The fourth-order valence-electron chi connectivity index (χ4n) is 9.96. The number of hydrogen-bond acceptors (Lipinski definition) is 10. The molecule has 3 saturated heterocycles. The van der Waals surface area contributed by atoms with Crippen molar-refractivity contribution in [2.75, 3.05) is 36.8 Å². The molecule has 5 aliphatic rings. The van der Waals surface area contributed by atoms with Gasteiger partial charge in [-0.1, -0.05) is 18.2 Å². The molecule has 1 aliphatic carbocycles. The Kier molecular flexibility index (Phi) is 9.49. The van der Waals surface area contributed by atoms with Crippen LogP contribution in [0.5, 0.6) is 11.5 Å². The second-order valence-electron chi connectivity index (χ2n) is 16.8. The number of carbonyl (C=O) groups is 4. The summed E-state index contributed by atoms with van der Waals surface area (Å²) in [5.41, 5.74) is 11.4. The molecule has 0 bridgehead atoms. The van der Waals surface area contributed by atoms with Crippen LogP contribution in [-0.4, -0.2) is 85.4 Å². The Labute approximate surface area is 341 Å². The number of benzene rings is 3. The molecule has 3 aromatic carbocycles. The monoisotopic (exact) mass is 793 g/mol. The Morgan fingerprint density at radius 1 is 0.814 bits per heavy atom. The molecule has 4 aliphatic heterocycles. The highest BCUT2D eigenvalue weighted by molar-refractivity contribution is 6.05. The molecule has 4 fully saturated rings. The number of piperidine rings is 2. The highest BCUT2D eigenvalue weighted by atomic mass is 16.5. The predicted octanol–water partition coefficient (Wildman–Crippen LogP) is 5.74. The molecule has 4 amide bonds. The first-order chi connectivity index (χ1) is 28.8. The largest absolute Gasteiger partial charge is 0.457 e. The van der Waals surface area contributed by atoms with Crippen molar-refractivity contribution in [3.05, 3.63) is 90.3 Å². The molecule has 0 radical (unpaired) electrons. The van der Waals surface area contributed by atoms with Crippen molar-refractivity contribution in [1.82, 2.24) is 34.9 Å². The molecule has 5 aromatic rings. The summed E-state index contributed by atoms with van der Waals surface area (Å²) in [5, 5.41) is 8.19. The fourth-order valence-corrected chi connectivity index (χ4v) is 9.96. The number of nitrogens with one attached hydrogen (secondary N) is 1. The lowest BCUT2D eigenvalue weighted by molar-refractivity contribution is -0.145. The molecule has 10 rings (SSSR count). The van der Waals surface area contributed by atoms with Gasteiger partial charge in [-0.3, -0.25) is 24.5 Å². The molecule has 2 aromatic heterocycles. The van der Waals surface area contributed by atoms with Crippen LogP contribution in [0.15, 0.2) is 79.1 Å². The number of imide groups is 1. The predicted molar refractivity (Wildman–Crippen MR) is 220 cm³/mol. The molecular formula is C45H47N9O5. The zero-order chi connectivity index (χ0) is 40.2. The Hall–Kier alpha value is -6.31. The van der Waals surface area contributed by atoms with Crippen molar-refractivity contribution < 1.29 is 23.9 Å². The highest BCUT2D eigenvalue weighted by Gasteiger charge is 2.42. The topological polar surface area (TPSA) is 169 Å². The van der Waals surface area contributed by atoms with Crippen LogP contribution in [0.25, 0.3) is 22.3 Å². The number of nitrogen functional groups attached to an aromatic ring is 1. The third-order valence-corrected chi connectivity index (χ3v) is 13.3. The minimum atomic E-state index is -0.611. The van der Waals surface area contributed by atoms with Crippen molar-refractivity contribution in [1.29, 1.82) is 0 Å². The fraction of sp³-hybridized carbons (Fsp3) is 0.400. The van der Waals surface area contributed by atoms with Gasteiger partial charge in [-0.2, -0.15) is 5.10 Å². The molecule has 1 saturated carbocycles. The van der Waals surface area contributed by atoms with Gasteiger partial charge in [0, 0.05) is 61.9 Å². The van der Waals surface area contributed by atoms with Crippen LogP contribution < -0.4 is 20.7 Å². The van der Waals surface area contributed by atoms with Crippen LogP contribution in [0.2, 0.25) is 0 Å². The lowest BCUT2D eigenvalue weighted by atomic mass is 9.78. The number of hydrogen-bond donors (Lipinski definition) is 2.